The summed E-state index contributed by atoms with van der Waals surface area (Å²) in [6, 6.07) is 10.0. The first-order valence-corrected chi connectivity index (χ1v) is 10.9. The number of carboxylic acid groups (broad SMARTS) is 1. The van der Waals surface area contributed by atoms with Gasteiger partial charge in [-0.1, -0.05) is 23.7 Å². The summed E-state index contributed by atoms with van der Waals surface area (Å²) in [5, 5.41) is 9.43. The van der Waals surface area contributed by atoms with Crippen molar-refractivity contribution in [2.75, 3.05) is 13.2 Å². The lowest BCUT2D eigenvalue weighted by Gasteiger charge is -2.35. The summed E-state index contributed by atoms with van der Waals surface area (Å²) in [6.45, 7) is -0.303. The molecule has 1 atom stereocenters. The Hall–Kier alpha value is -3.17. The van der Waals surface area contributed by atoms with Gasteiger partial charge in [-0.15, -0.1) is 11.3 Å². The zero-order chi connectivity index (χ0) is 22.7. The van der Waals surface area contributed by atoms with E-state index in [1.165, 1.54) is 28.4 Å². The van der Waals surface area contributed by atoms with Crippen molar-refractivity contribution in [3.63, 3.8) is 0 Å². The number of aliphatic carboxylic acids is 1. The summed E-state index contributed by atoms with van der Waals surface area (Å²) in [5.74, 6) is -1.24. The number of carbonyl (C=O) groups excluding carboxylic acids is 1. The lowest BCUT2D eigenvalue weighted by molar-refractivity contribution is -0.139. The number of fused-ring (bicyclic) bond motifs is 1. The highest BCUT2D eigenvalue weighted by molar-refractivity contribution is 7.09. The van der Waals surface area contributed by atoms with Gasteiger partial charge in [0.1, 0.15) is 24.2 Å². The molecule has 1 aliphatic rings. The molecule has 0 fully saturated rings. The van der Waals surface area contributed by atoms with Crippen LogP contribution in [0.3, 0.4) is 0 Å². The second-order valence-electron chi connectivity index (χ2n) is 7.06. The van der Waals surface area contributed by atoms with Crippen LogP contribution in [-0.2, 0) is 22.6 Å². The fourth-order valence-corrected chi connectivity index (χ4v) is 4.70. The van der Waals surface area contributed by atoms with Crippen LogP contribution in [0.15, 0.2) is 48.0 Å². The van der Waals surface area contributed by atoms with Crippen LogP contribution in [0.25, 0.3) is 0 Å². The Morgan fingerprint density at radius 2 is 2.12 bits per heavy atom. The molecule has 1 N–H and O–H groups in total. The van der Waals surface area contributed by atoms with Gasteiger partial charge in [0.15, 0.2) is 6.61 Å². The molecule has 2 heterocycles. The Kier molecular flexibility index (Phi) is 6.57. The molecule has 2 aromatic carbocycles. The number of thiazole rings is 1. The molecule has 0 saturated carbocycles. The summed E-state index contributed by atoms with van der Waals surface area (Å²) in [7, 11) is 0. The van der Waals surface area contributed by atoms with Crippen LogP contribution < -0.4 is 4.74 Å². The average Bonchev–Trinajstić information content (AvgIpc) is 3.25. The number of amides is 1. The number of carboxylic acids is 1. The van der Waals surface area contributed by atoms with Crippen LogP contribution >= 0.6 is 22.9 Å². The van der Waals surface area contributed by atoms with Gasteiger partial charge < -0.3 is 14.6 Å². The van der Waals surface area contributed by atoms with Crippen molar-refractivity contribution in [2.24, 2.45) is 0 Å². The Morgan fingerprint density at radius 1 is 1.28 bits per heavy atom. The van der Waals surface area contributed by atoms with Crippen molar-refractivity contribution in [3.8, 4) is 5.75 Å². The number of halogens is 2. The van der Waals surface area contributed by atoms with Gasteiger partial charge in [0, 0.05) is 23.6 Å². The molecule has 1 amide bonds. The first-order valence-electron chi connectivity index (χ1n) is 9.66. The van der Waals surface area contributed by atoms with Crippen molar-refractivity contribution >= 4 is 35.0 Å². The van der Waals surface area contributed by atoms with Gasteiger partial charge in [-0.25, -0.2) is 19.0 Å². The SMILES string of the molecule is O=C(O)COc1ccc(Cl)cc1C1c2scnc2CCN1C(=O)OCc1cccc(F)c1. The molecule has 7 nitrogen and oxygen atoms in total. The minimum absolute atomic E-state index is 0.0900. The smallest absolute Gasteiger partial charge is 0.410 e. The number of nitrogens with zero attached hydrogens (tertiary/aromatic N) is 2. The average molecular weight is 477 g/mol. The summed E-state index contributed by atoms with van der Waals surface area (Å²) < 4.78 is 24.4. The van der Waals surface area contributed by atoms with E-state index in [0.29, 0.717) is 34.9 Å². The van der Waals surface area contributed by atoms with Crippen LogP contribution in [0.4, 0.5) is 9.18 Å². The molecule has 1 aliphatic heterocycles. The van der Waals surface area contributed by atoms with Crippen molar-refractivity contribution in [1.82, 2.24) is 9.88 Å². The summed E-state index contributed by atoms with van der Waals surface area (Å²) in [6.07, 6.45) is -0.0570. The van der Waals surface area contributed by atoms with Crippen molar-refractivity contribution in [3.05, 3.63) is 80.5 Å². The quantitative estimate of drug-likeness (QED) is 0.555. The zero-order valence-corrected chi connectivity index (χ0v) is 18.2. The fraction of sp³-hybridized carbons (Fsp3) is 0.227. The highest BCUT2D eigenvalue weighted by Gasteiger charge is 2.37. The van der Waals surface area contributed by atoms with Gasteiger partial charge in [0.05, 0.1) is 16.1 Å². The molecule has 0 bridgehead atoms. The molecule has 1 aromatic heterocycles. The second-order valence-corrected chi connectivity index (χ2v) is 8.38. The first kappa shape index (κ1) is 22.0. The van der Waals surface area contributed by atoms with E-state index in [9.17, 15) is 14.0 Å². The molecule has 0 radical (unpaired) electrons. The third-order valence-electron chi connectivity index (χ3n) is 4.93. The Morgan fingerprint density at radius 3 is 2.91 bits per heavy atom. The molecular weight excluding hydrogens is 459 g/mol. The van der Waals surface area contributed by atoms with Crippen LogP contribution in [0.5, 0.6) is 5.75 Å². The second kappa shape index (κ2) is 9.54. The van der Waals surface area contributed by atoms with E-state index in [1.807, 2.05) is 0 Å². The molecule has 0 aliphatic carbocycles. The minimum atomic E-state index is -1.13. The standard InChI is InChI=1S/C22H18ClFN2O5S/c23-14-4-5-18(30-11-19(27)28)16(9-14)20-21-17(25-12-32-21)6-7-26(20)22(29)31-10-13-2-1-3-15(24)8-13/h1-5,8-9,12,20H,6-7,10-11H2,(H,27,28). The van der Waals surface area contributed by atoms with E-state index in [2.05, 4.69) is 4.98 Å². The highest BCUT2D eigenvalue weighted by atomic mass is 35.5. The highest BCUT2D eigenvalue weighted by Crippen LogP contribution is 2.42. The van der Waals surface area contributed by atoms with Gasteiger partial charge in [-0.2, -0.15) is 0 Å². The minimum Gasteiger partial charge on any atom is -0.482 e. The van der Waals surface area contributed by atoms with Crippen LogP contribution in [0, 0.1) is 5.82 Å². The Labute approximate surface area is 192 Å². The maximum absolute atomic E-state index is 13.4. The largest absolute Gasteiger partial charge is 0.482 e. The molecular formula is C22H18ClFN2O5S. The number of hydrogen-bond donors (Lipinski definition) is 1. The first-order chi connectivity index (χ1) is 15.4. The van der Waals surface area contributed by atoms with E-state index < -0.39 is 30.5 Å². The number of aromatic nitrogens is 1. The monoisotopic (exact) mass is 476 g/mol. The predicted octanol–water partition coefficient (Wildman–Crippen LogP) is 4.68. The van der Waals surface area contributed by atoms with Crippen LogP contribution in [-0.4, -0.2) is 40.2 Å². The van der Waals surface area contributed by atoms with E-state index in [4.69, 9.17) is 26.2 Å². The number of benzene rings is 2. The Balaban J connectivity index is 1.65. The molecule has 166 valence electrons. The van der Waals surface area contributed by atoms with Crippen molar-refractivity contribution in [2.45, 2.75) is 19.1 Å². The third kappa shape index (κ3) is 4.84. The summed E-state index contributed by atoms with van der Waals surface area (Å²) >= 11 is 7.61. The molecule has 32 heavy (non-hydrogen) atoms. The number of carbonyl (C=O) groups is 2. The van der Waals surface area contributed by atoms with E-state index in [1.54, 1.807) is 35.8 Å². The maximum atomic E-state index is 13.4. The zero-order valence-electron chi connectivity index (χ0n) is 16.7. The van der Waals surface area contributed by atoms with Gasteiger partial charge in [-0.3, -0.25) is 4.90 Å². The lowest BCUT2D eigenvalue weighted by Crippen LogP contribution is -2.40. The lowest BCUT2D eigenvalue weighted by atomic mass is 9.97. The molecule has 4 rings (SSSR count). The van der Waals surface area contributed by atoms with Crippen molar-refractivity contribution in [1.29, 1.82) is 0 Å². The normalized spacial score (nSPS) is 15.2. The summed E-state index contributed by atoms with van der Waals surface area (Å²) in [4.78, 5) is 30.8. The van der Waals surface area contributed by atoms with Crippen molar-refractivity contribution < 1.29 is 28.6 Å². The van der Waals surface area contributed by atoms with Gasteiger partial charge >= 0.3 is 12.1 Å². The number of ether oxygens (including phenoxy) is 2. The molecule has 3 aromatic rings. The predicted molar refractivity (Wildman–Crippen MR) is 116 cm³/mol. The fourth-order valence-electron chi connectivity index (χ4n) is 3.55. The molecule has 0 spiro atoms. The summed E-state index contributed by atoms with van der Waals surface area (Å²) in [5.41, 5.74) is 3.60. The van der Waals surface area contributed by atoms with Crippen LogP contribution in [0.1, 0.15) is 27.7 Å². The third-order valence-corrected chi connectivity index (χ3v) is 6.08. The van der Waals surface area contributed by atoms with Gasteiger partial charge in [-0.05, 0) is 35.9 Å². The van der Waals surface area contributed by atoms with E-state index in [-0.39, 0.29) is 6.61 Å². The van der Waals surface area contributed by atoms with Gasteiger partial charge in [0.2, 0.25) is 0 Å². The molecule has 10 heteroatoms. The van der Waals surface area contributed by atoms with Gasteiger partial charge in [0.25, 0.3) is 0 Å². The number of hydrogen-bond acceptors (Lipinski definition) is 6. The Bertz CT molecular complexity index is 1150. The maximum Gasteiger partial charge on any atom is 0.410 e. The topological polar surface area (TPSA) is 89.0 Å². The van der Waals surface area contributed by atoms with E-state index >= 15 is 0 Å². The van der Waals surface area contributed by atoms with Crippen LogP contribution in [0.2, 0.25) is 5.02 Å². The molecule has 1 unspecified atom stereocenters. The number of rotatable bonds is 6. The molecule has 0 saturated heterocycles. The van der Waals surface area contributed by atoms with E-state index in [0.717, 1.165) is 10.6 Å².